The molecule has 0 radical (unpaired) electrons. The molecule has 6 rings (SSSR count). The highest BCUT2D eigenvalue weighted by molar-refractivity contribution is 7.07. The van der Waals surface area contributed by atoms with Gasteiger partial charge in [0.2, 0.25) is 4.80 Å². The molecule has 0 spiro atoms. The Balaban J connectivity index is 1.37. The molecule has 4 aromatic rings. The van der Waals surface area contributed by atoms with E-state index in [1.54, 1.807) is 0 Å². The van der Waals surface area contributed by atoms with Crippen molar-refractivity contribution in [3.8, 4) is 17.0 Å². The van der Waals surface area contributed by atoms with Crippen molar-refractivity contribution in [1.82, 2.24) is 4.68 Å². The summed E-state index contributed by atoms with van der Waals surface area (Å²) in [7, 11) is 0. The van der Waals surface area contributed by atoms with Gasteiger partial charge in [0.25, 0.3) is 5.91 Å². The number of rotatable bonds is 5. The number of nitrogens with one attached hydrogen (secondary N) is 1. The second kappa shape index (κ2) is 10.8. The maximum atomic E-state index is 11.9. The minimum absolute atomic E-state index is 0.0174. The fourth-order valence-electron chi connectivity index (χ4n) is 4.27. The van der Waals surface area contributed by atoms with Crippen LogP contribution in [0.1, 0.15) is 5.56 Å². The number of amides is 1. The number of hydrogen-bond acceptors (Lipinski definition) is 7. The zero-order chi connectivity index (χ0) is 25.9. The summed E-state index contributed by atoms with van der Waals surface area (Å²) in [5, 5.41) is 10.4. The van der Waals surface area contributed by atoms with Gasteiger partial charge in [-0.3, -0.25) is 4.79 Å². The lowest BCUT2D eigenvalue weighted by Crippen LogP contribution is -2.36. The molecular weight excluding hydrogens is 522 g/mol. The van der Waals surface area contributed by atoms with Crippen molar-refractivity contribution in [1.29, 1.82) is 0 Å². The van der Waals surface area contributed by atoms with Crippen LogP contribution in [-0.2, 0) is 9.53 Å². The number of aromatic nitrogens is 1. The highest BCUT2D eigenvalue weighted by atomic mass is 35.5. The first-order valence-electron chi connectivity index (χ1n) is 12.2. The molecule has 0 aliphatic carbocycles. The number of thiazole rings is 1. The van der Waals surface area contributed by atoms with E-state index < -0.39 is 0 Å². The van der Waals surface area contributed by atoms with Gasteiger partial charge < -0.3 is 19.7 Å². The molecule has 3 heterocycles. The Morgan fingerprint density at radius 2 is 1.79 bits per heavy atom. The van der Waals surface area contributed by atoms with E-state index in [9.17, 15) is 4.79 Å². The van der Waals surface area contributed by atoms with E-state index in [0.29, 0.717) is 21.3 Å². The zero-order valence-corrected chi connectivity index (χ0v) is 21.9. The highest BCUT2D eigenvalue weighted by Gasteiger charge is 2.18. The number of nitrogens with zero attached hydrogens (tertiary/aromatic N) is 4. The normalized spacial score (nSPS) is 15.9. The molecule has 192 valence electrons. The van der Waals surface area contributed by atoms with Gasteiger partial charge in [-0.15, -0.1) is 11.3 Å². The van der Waals surface area contributed by atoms with Gasteiger partial charge in [0.1, 0.15) is 5.75 Å². The summed E-state index contributed by atoms with van der Waals surface area (Å²) in [5.74, 6) is 0.467. The lowest BCUT2D eigenvalue weighted by molar-refractivity contribution is -0.118. The van der Waals surface area contributed by atoms with Gasteiger partial charge in [-0.1, -0.05) is 23.7 Å². The molecule has 3 aromatic carbocycles. The molecule has 1 aromatic heterocycles. The van der Waals surface area contributed by atoms with Crippen LogP contribution in [0.3, 0.4) is 0 Å². The second-order valence-corrected chi connectivity index (χ2v) is 10.1. The number of benzene rings is 3. The van der Waals surface area contributed by atoms with Crippen molar-refractivity contribution in [2.24, 2.45) is 10.1 Å². The molecule has 0 atom stereocenters. The van der Waals surface area contributed by atoms with Crippen LogP contribution in [0.4, 0.5) is 17.1 Å². The molecule has 1 saturated heterocycles. The Bertz CT molecular complexity index is 1550. The smallest absolute Gasteiger partial charge is 0.262 e. The molecule has 0 bridgehead atoms. The fourth-order valence-corrected chi connectivity index (χ4v) is 5.26. The Morgan fingerprint density at radius 1 is 1.00 bits per heavy atom. The number of morpholine rings is 1. The monoisotopic (exact) mass is 545 g/mol. The standard InChI is InChI=1S/C28H24ClN5O3S/c29-21-4-6-22(7-5-21)31-28-34(30-16-19-1-8-23(9-2-19)33-11-13-36-14-12-33)25(18-38-28)20-3-10-26-24(15-20)32-27(35)17-37-26/h1-10,15-16,18H,11-14,17H2,(H,32,35). The van der Waals surface area contributed by atoms with Gasteiger partial charge in [-0.05, 0) is 60.2 Å². The quantitative estimate of drug-likeness (QED) is 0.352. The molecule has 38 heavy (non-hydrogen) atoms. The molecule has 1 fully saturated rings. The summed E-state index contributed by atoms with van der Waals surface area (Å²) < 4.78 is 12.8. The highest BCUT2D eigenvalue weighted by Crippen LogP contribution is 2.33. The third-order valence-corrected chi connectivity index (χ3v) is 7.30. The summed E-state index contributed by atoms with van der Waals surface area (Å²) in [6, 6.07) is 21.4. The van der Waals surface area contributed by atoms with Gasteiger partial charge in [0.15, 0.2) is 6.61 Å². The topological polar surface area (TPSA) is 80.5 Å². The molecule has 2 aliphatic heterocycles. The number of halogens is 1. The van der Waals surface area contributed by atoms with Gasteiger partial charge >= 0.3 is 0 Å². The summed E-state index contributed by atoms with van der Waals surface area (Å²) in [4.78, 5) is 19.7. The van der Waals surface area contributed by atoms with Crippen molar-refractivity contribution in [2.75, 3.05) is 43.1 Å². The van der Waals surface area contributed by atoms with E-state index in [0.717, 1.165) is 48.8 Å². The number of anilines is 2. The number of ether oxygens (including phenoxy) is 2. The minimum atomic E-state index is -0.176. The van der Waals surface area contributed by atoms with Crippen LogP contribution in [0.15, 0.2) is 82.2 Å². The van der Waals surface area contributed by atoms with Crippen molar-refractivity contribution in [2.45, 2.75) is 0 Å². The van der Waals surface area contributed by atoms with E-state index in [-0.39, 0.29) is 12.5 Å². The third-order valence-electron chi connectivity index (χ3n) is 6.24. The Labute approximate surface area is 228 Å². The van der Waals surface area contributed by atoms with E-state index in [4.69, 9.17) is 31.2 Å². The van der Waals surface area contributed by atoms with E-state index in [2.05, 4.69) is 34.5 Å². The summed E-state index contributed by atoms with van der Waals surface area (Å²) >= 11 is 7.54. The SMILES string of the molecule is O=C1COc2ccc(-c3csc(=Nc4ccc(Cl)cc4)n3N=Cc3ccc(N4CCOCC4)cc3)cc2N1. The van der Waals surface area contributed by atoms with Crippen LogP contribution in [0.5, 0.6) is 5.75 Å². The van der Waals surface area contributed by atoms with Crippen LogP contribution in [0, 0.1) is 0 Å². The first-order chi connectivity index (χ1) is 18.6. The van der Waals surface area contributed by atoms with Crippen molar-refractivity contribution in [3.05, 3.63) is 87.5 Å². The average Bonchev–Trinajstić information content (AvgIpc) is 3.35. The lowest BCUT2D eigenvalue weighted by atomic mass is 10.1. The Kier molecular flexibility index (Phi) is 6.96. The second-order valence-electron chi connectivity index (χ2n) is 8.79. The molecule has 0 unspecified atom stereocenters. The van der Waals surface area contributed by atoms with Gasteiger partial charge in [0.05, 0.1) is 36.5 Å². The van der Waals surface area contributed by atoms with E-state index in [1.807, 2.05) is 58.7 Å². The summed E-state index contributed by atoms with van der Waals surface area (Å²) in [6.45, 7) is 3.30. The maximum Gasteiger partial charge on any atom is 0.262 e. The van der Waals surface area contributed by atoms with Crippen molar-refractivity contribution < 1.29 is 14.3 Å². The molecular formula is C28H24ClN5O3S. The van der Waals surface area contributed by atoms with Crippen LogP contribution in [-0.4, -0.2) is 49.7 Å². The number of fused-ring (bicyclic) bond motifs is 1. The predicted molar refractivity (Wildman–Crippen MR) is 151 cm³/mol. The zero-order valence-electron chi connectivity index (χ0n) is 20.3. The number of carbonyl (C=O) groups excluding carboxylic acids is 1. The van der Waals surface area contributed by atoms with Crippen LogP contribution in [0.25, 0.3) is 11.3 Å². The van der Waals surface area contributed by atoms with E-state index in [1.165, 1.54) is 17.0 Å². The minimum Gasteiger partial charge on any atom is -0.482 e. The molecule has 8 nitrogen and oxygen atoms in total. The molecule has 1 amide bonds. The maximum absolute atomic E-state index is 11.9. The van der Waals surface area contributed by atoms with E-state index >= 15 is 0 Å². The summed E-state index contributed by atoms with van der Waals surface area (Å²) in [5.41, 5.74) is 5.26. The largest absolute Gasteiger partial charge is 0.482 e. The predicted octanol–water partition coefficient (Wildman–Crippen LogP) is 5.15. The Morgan fingerprint density at radius 3 is 2.58 bits per heavy atom. The number of carbonyl (C=O) groups is 1. The van der Waals surface area contributed by atoms with Crippen molar-refractivity contribution in [3.63, 3.8) is 0 Å². The lowest BCUT2D eigenvalue weighted by Gasteiger charge is -2.28. The third kappa shape index (κ3) is 5.35. The Hall–Kier alpha value is -3.92. The average molecular weight is 546 g/mol. The molecule has 2 aliphatic rings. The molecule has 0 saturated carbocycles. The first kappa shape index (κ1) is 24.4. The number of hydrogen-bond donors (Lipinski definition) is 1. The van der Waals surface area contributed by atoms with Gasteiger partial charge in [-0.2, -0.15) is 5.10 Å². The van der Waals surface area contributed by atoms with Gasteiger partial charge in [0, 0.05) is 34.7 Å². The first-order valence-corrected chi connectivity index (χ1v) is 13.4. The van der Waals surface area contributed by atoms with Crippen LogP contribution >= 0.6 is 22.9 Å². The van der Waals surface area contributed by atoms with Crippen LogP contribution < -0.4 is 19.8 Å². The van der Waals surface area contributed by atoms with Crippen LogP contribution in [0.2, 0.25) is 5.02 Å². The molecule has 10 heteroatoms. The summed E-state index contributed by atoms with van der Waals surface area (Å²) in [6.07, 6.45) is 1.82. The fraction of sp³-hybridized carbons (Fsp3) is 0.179. The van der Waals surface area contributed by atoms with Gasteiger partial charge in [-0.25, -0.2) is 9.67 Å². The van der Waals surface area contributed by atoms with Crippen molar-refractivity contribution >= 4 is 52.1 Å². The molecule has 1 N–H and O–H groups in total.